The van der Waals surface area contributed by atoms with Gasteiger partial charge in [-0.05, 0) is 55.8 Å². The van der Waals surface area contributed by atoms with Crippen molar-refractivity contribution < 1.29 is 4.39 Å². The van der Waals surface area contributed by atoms with Crippen LogP contribution in [0.5, 0.6) is 0 Å². The molecule has 0 spiro atoms. The van der Waals surface area contributed by atoms with E-state index in [4.69, 9.17) is 0 Å². The van der Waals surface area contributed by atoms with E-state index in [1.807, 2.05) is 13.1 Å². The maximum Gasteiger partial charge on any atom is 0.123 e. The number of nitrogens with zero attached hydrogens (tertiary/aromatic N) is 1. The molecule has 0 saturated carbocycles. The number of hydrogen-bond acceptors (Lipinski definition) is 2. The maximum atomic E-state index is 13.3. The smallest absolute Gasteiger partial charge is 0.123 e. The third-order valence-electron chi connectivity index (χ3n) is 3.80. The first kappa shape index (κ1) is 15.5. The third kappa shape index (κ3) is 4.30. The molecule has 2 rings (SSSR count). The van der Waals surface area contributed by atoms with Crippen molar-refractivity contribution in [2.45, 2.75) is 19.4 Å². The van der Waals surface area contributed by atoms with E-state index in [9.17, 15) is 4.39 Å². The average Bonchev–Trinajstić information content (AvgIpc) is 2.48. The minimum atomic E-state index is -0.181. The number of rotatable bonds is 6. The van der Waals surface area contributed by atoms with Gasteiger partial charge in [0.05, 0.1) is 0 Å². The van der Waals surface area contributed by atoms with Crippen LogP contribution in [0, 0.1) is 12.7 Å². The maximum absolute atomic E-state index is 13.3. The molecule has 0 bridgehead atoms. The van der Waals surface area contributed by atoms with Crippen LogP contribution < -0.4 is 10.2 Å². The zero-order chi connectivity index (χ0) is 15.2. The molecule has 0 fully saturated rings. The fraction of sp³-hybridized carbons (Fsp3) is 0.333. The monoisotopic (exact) mass is 286 g/mol. The van der Waals surface area contributed by atoms with Crippen LogP contribution in [-0.4, -0.2) is 20.6 Å². The van der Waals surface area contributed by atoms with Crippen molar-refractivity contribution in [3.63, 3.8) is 0 Å². The summed E-state index contributed by atoms with van der Waals surface area (Å²) in [6.07, 6.45) is 0.921. The largest absolute Gasteiger partial charge is 0.375 e. The van der Waals surface area contributed by atoms with Crippen LogP contribution in [0.25, 0.3) is 0 Å². The average molecular weight is 286 g/mol. The first-order valence-electron chi connectivity index (χ1n) is 7.30. The first-order valence-corrected chi connectivity index (χ1v) is 7.30. The topological polar surface area (TPSA) is 15.3 Å². The highest BCUT2D eigenvalue weighted by Crippen LogP contribution is 2.20. The Kier molecular flexibility index (Phi) is 5.34. The van der Waals surface area contributed by atoms with Gasteiger partial charge >= 0.3 is 0 Å². The summed E-state index contributed by atoms with van der Waals surface area (Å²) in [5.41, 5.74) is 3.47. The Bertz CT molecular complexity index is 583. The van der Waals surface area contributed by atoms with Crippen molar-refractivity contribution >= 4 is 5.69 Å². The predicted octanol–water partition coefficient (Wildman–Crippen LogP) is 3.92. The molecule has 0 aliphatic carbocycles. The van der Waals surface area contributed by atoms with E-state index in [0.717, 1.165) is 18.5 Å². The molecular formula is C18H23FN2. The summed E-state index contributed by atoms with van der Waals surface area (Å²) in [6, 6.07) is 15.4. The van der Waals surface area contributed by atoms with E-state index in [0.29, 0.717) is 0 Å². The number of nitrogens with one attached hydrogen (secondary N) is 1. The molecule has 2 aromatic rings. The predicted molar refractivity (Wildman–Crippen MR) is 87.3 cm³/mol. The summed E-state index contributed by atoms with van der Waals surface area (Å²) < 4.78 is 13.3. The quantitative estimate of drug-likeness (QED) is 0.866. The summed E-state index contributed by atoms with van der Waals surface area (Å²) in [5.74, 6) is -0.181. The van der Waals surface area contributed by atoms with Crippen LogP contribution in [0.1, 0.15) is 23.6 Å². The lowest BCUT2D eigenvalue weighted by atomic mass is 10.0. The van der Waals surface area contributed by atoms with Crippen molar-refractivity contribution in [2.75, 3.05) is 25.5 Å². The van der Waals surface area contributed by atoms with Crippen LogP contribution >= 0.6 is 0 Å². The van der Waals surface area contributed by atoms with Gasteiger partial charge in [-0.25, -0.2) is 4.39 Å². The number of hydrogen-bond donors (Lipinski definition) is 1. The number of halogens is 1. The van der Waals surface area contributed by atoms with Gasteiger partial charge in [0.15, 0.2) is 0 Å². The Morgan fingerprint density at radius 1 is 1.14 bits per heavy atom. The van der Waals surface area contributed by atoms with E-state index in [1.54, 1.807) is 12.1 Å². The minimum Gasteiger partial charge on any atom is -0.375 e. The molecule has 0 amide bonds. The summed E-state index contributed by atoms with van der Waals surface area (Å²) in [7, 11) is 4.01. The second-order valence-corrected chi connectivity index (χ2v) is 5.45. The van der Waals surface area contributed by atoms with Gasteiger partial charge in [-0.15, -0.1) is 0 Å². The Hall–Kier alpha value is -1.87. The molecule has 1 atom stereocenters. The van der Waals surface area contributed by atoms with Crippen LogP contribution in [-0.2, 0) is 0 Å². The highest BCUT2D eigenvalue weighted by molar-refractivity contribution is 5.47. The van der Waals surface area contributed by atoms with Gasteiger partial charge in [0, 0.05) is 25.3 Å². The van der Waals surface area contributed by atoms with Crippen molar-refractivity contribution in [3.05, 3.63) is 65.5 Å². The van der Waals surface area contributed by atoms with E-state index in [-0.39, 0.29) is 11.9 Å². The Balaban J connectivity index is 2.00. The molecule has 0 heterocycles. The van der Waals surface area contributed by atoms with Gasteiger partial charge in [0.25, 0.3) is 0 Å². The van der Waals surface area contributed by atoms with Gasteiger partial charge < -0.3 is 10.2 Å². The van der Waals surface area contributed by atoms with Crippen LogP contribution in [0.3, 0.4) is 0 Å². The van der Waals surface area contributed by atoms with Crippen LogP contribution in [0.2, 0.25) is 0 Å². The fourth-order valence-corrected chi connectivity index (χ4v) is 2.52. The van der Waals surface area contributed by atoms with Crippen molar-refractivity contribution in [1.82, 2.24) is 5.32 Å². The van der Waals surface area contributed by atoms with E-state index >= 15 is 0 Å². The molecule has 21 heavy (non-hydrogen) atoms. The normalized spacial score (nSPS) is 12.2. The zero-order valence-corrected chi connectivity index (χ0v) is 12.9. The number of aryl methyl sites for hydroxylation is 1. The molecular weight excluding hydrogens is 263 g/mol. The molecule has 0 aliphatic heterocycles. The fourth-order valence-electron chi connectivity index (χ4n) is 2.52. The standard InChI is InChI=1S/C18H23FN2/c1-14-6-4-9-17(12-14)21(3)11-10-18(20-2)15-7-5-8-16(19)13-15/h4-9,12-13,18,20H,10-11H2,1-3H3. The van der Waals surface area contributed by atoms with Gasteiger partial charge in [0.2, 0.25) is 0 Å². The van der Waals surface area contributed by atoms with Gasteiger partial charge in [-0.2, -0.15) is 0 Å². The molecule has 1 N–H and O–H groups in total. The van der Waals surface area contributed by atoms with Gasteiger partial charge in [-0.1, -0.05) is 24.3 Å². The summed E-state index contributed by atoms with van der Waals surface area (Å²) in [4.78, 5) is 2.23. The third-order valence-corrected chi connectivity index (χ3v) is 3.80. The number of anilines is 1. The Morgan fingerprint density at radius 2 is 1.90 bits per heavy atom. The Labute approximate surface area is 126 Å². The molecule has 0 saturated heterocycles. The molecule has 2 nitrogen and oxygen atoms in total. The second kappa shape index (κ2) is 7.23. The summed E-state index contributed by atoms with van der Waals surface area (Å²) in [5, 5.41) is 3.27. The molecule has 0 radical (unpaired) electrons. The van der Waals surface area contributed by atoms with Gasteiger partial charge in [-0.3, -0.25) is 0 Å². The van der Waals surface area contributed by atoms with Crippen molar-refractivity contribution in [2.24, 2.45) is 0 Å². The molecule has 112 valence electrons. The van der Waals surface area contributed by atoms with E-state index in [2.05, 4.69) is 48.5 Å². The highest BCUT2D eigenvalue weighted by atomic mass is 19.1. The van der Waals surface area contributed by atoms with E-state index < -0.39 is 0 Å². The zero-order valence-electron chi connectivity index (χ0n) is 12.9. The molecule has 0 aromatic heterocycles. The molecule has 0 aliphatic rings. The lowest BCUT2D eigenvalue weighted by molar-refractivity contribution is 0.542. The molecule has 1 unspecified atom stereocenters. The SMILES string of the molecule is CNC(CCN(C)c1cccc(C)c1)c1cccc(F)c1. The first-order chi connectivity index (χ1) is 10.1. The van der Waals surface area contributed by atoms with E-state index in [1.165, 1.54) is 17.3 Å². The van der Waals surface area contributed by atoms with Crippen molar-refractivity contribution in [1.29, 1.82) is 0 Å². The van der Waals surface area contributed by atoms with Crippen LogP contribution in [0.4, 0.5) is 10.1 Å². The molecule has 3 heteroatoms. The molecule has 2 aromatic carbocycles. The summed E-state index contributed by atoms with van der Waals surface area (Å²) in [6.45, 7) is 3.01. The minimum absolute atomic E-state index is 0.160. The van der Waals surface area contributed by atoms with Crippen LogP contribution in [0.15, 0.2) is 48.5 Å². The lowest BCUT2D eigenvalue weighted by Crippen LogP contribution is -2.25. The highest BCUT2D eigenvalue weighted by Gasteiger charge is 2.11. The number of benzene rings is 2. The summed E-state index contributed by atoms with van der Waals surface area (Å²) >= 11 is 0. The van der Waals surface area contributed by atoms with Gasteiger partial charge in [0.1, 0.15) is 5.82 Å². The Morgan fingerprint density at radius 3 is 2.57 bits per heavy atom. The second-order valence-electron chi connectivity index (χ2n) is 5.45. The van der Waals surface area contributed by atoms with Crippen molar-refractivity contribution in [3.8, 4) is 0 Å². The lowest BCUT2D eigenvalue weighted by Gasteiger charge is -2.24.